The van der Waals surface area contributed by atoms with E-state index in [0.717, 1.165) is 36.9 Å². The van der Waals surface area contributed by atoms with Crippen LogP contribution >= 0.6 is 0 Å². The lowest BCUT2D eigenvalue weighted by Gasteiger charge is -2.26. The van der Waals surface area contributed by atoms with E-state index >= 15 is 0 Å². The first kappa shape index (κ1) is 25.5. The lowest BCUT2D eigenvalue weighted by atomic mass is 9.80. The Morgan fingerprint density at radius 2 is 1.45 bits per heavy atom. The topological polar surface area (TPSA) is 26.3 Å². The third-order valence-electron chi connectivity index (χ3n) is 6.65. The minimum Gasteiger partial charge on any atom is -0.494 e. The molecule has 31 heavy (non-hydrogen) atoms. The van der Waals surface area contributed by atoms with Crippen molar-refractivity contribution in [2.24, 2.45) is 23.7 Å². The molecule has 1 aromatic carbocycles. The molecule has 174 valence electrons. The van der Waals surface area contributed by atoms with Gasteiger partial charge in [-0.05, 0) is 80.8 Å². The van der Waals surface area contributed by atoms with Gasteiger partial charge in [0.2, 0.25) is 5.82 Å². The second kappa shape index (κ2) is 13.6. The summed E-state index contributed by atoms with van der Waals surface area (Å²) in [5.41, 5.74) is 0.181. The molecule has 0 aromatic heterocycles. The number of hydrogen-bond acceptors (Lipinski definition) is 2. The average Bonchev–Trinajstić information content (AvgIpc) is 2.80. The Bertz CT molecular complexity index is 688. The molecule has 0 saturated heterocycles. The summed E-state index contributed by atoms with van der Waals surface area (Å²) in [6.45, 7) is 1.84. The number of ether oxygens (including phenoxy) is 1. The Balaban J connectivity index is 0.000000225. The number of hydrogen-bond donors (Lipinski definition) is 0. The summed E-state index contributed by atoms with van der Waals surface area (Å²) in [6.07, 6.45) is 16.8. The van der Waals surface area contributed by atoms with Crippen LogP contribution in [0.4, 0.5) is 13.2 Å². The fourth-order valence-electron chi connectivity index (χ4n) is 4.45. The van der Waals surface area contributed by atoms with Crippen LogP contribution in [0.15, 0.2) is 24.3 Å². The maximum atomic E-state index is 13.2. The Labute approximate surface area is 185 Å². The molecule has 2 aliphatic carbocycles. The van der Waals surface area contributed by atoms with Crippen molar-refractivity contribution < 1.29 is 22.7 Å². The molecule has 3 rings (SSSR count). The molecule has 0 atom stereocenters. The molecule has 2 nitrogen and oxygen atoms in total. The van der Waals surface area contributed by atoms with Crippen LogP contribution in [-0.4, -0.2) is 20.1 Å². The molecule has 0 heterocycles. The molecular formula is C26H37F3O2. The smallest absolute Gasteiger partial charge is 0.200 e. The van der Waals surface area contributed by atoms with Gasteiger partial charge in [0.1, 0.15) is 6.29 Å². The van der Waals surface area contributed by atoms with Gasteiger partial charge >= 0.3 is 0 Å². The quantitative estimate of drug-likeness (QED) is 0.331. The van der Waals surface area contributed by atoms with Gasteiger partial charge in [0.25, 0.3) is 0 Å². The predicted molar refractivity (Wildman–Crippen MR) is 119 cm³/mol. The molecule has 2 aliphatic rings. The van der Waals surface area contributed by atoms with E-state index in [-0.39, 0.29) is 24.2 Å². The normalized spacial score (nSPS) is 26.2. The number of rotatable bonds is 7. The van der Waals surface area contributed by atoms with Gasteiger partial charge in [-0.25, -0.2) is 4.39 Å². The molecule has 0 radical (unpaired) electrons. The van der Waals surface area contributed by atoms with Gasteiger partial charge in [-0.3, -0.25) is 4.39 Å². The Hall–Kier alpha value is -1.78. The van der Waals surface area contributed by atoms with Crippen LogP contribution < -0.4 is 4.74 Å². The monoisotopic (exact) mass is 438 g/mol. The molecule has 2 fully saturated rings. The van der Waals surface area contributed by atoms with Crippen molar-refractivity contribution in [3.8, 4) is 5.75 Å². The summed E-state index contributed by atoms with van der Waals surface area (Å²) in [6, 6.07) is 2.75. The molecule has 0 spiro atoms. The minimum atomic E-state index is -1.01. The summed E-state index contributed by atoms with van der Waals surface area (Å²) < 4.78 is 42.7. The Morgan fingerprint density at radius 3 is 1.97 bits per heavy atom. The molecule has 1 aromatic rings. The molecule has 0 N–H and O–H groups in total. The van der Waals surface area contributed by atoms with Crippen molar-refractivity contribution >= 4 is 6.29 Å². The van der Waals surface area contributed by atoms with Gasteiger partial charge in [-0.1, -0.05) is 38.0 Å². The van der Waals surface area contributed by atoms with E-state index in [0.29, 0.717) is 5.92 Å². The maximum Gasteiger partial charge on any atom is 0.200 e. The van der Waals surface area contributed by atoms with Gasteiger partial charge in [0, 0.05) is 5.92 Å². The van der Waals surface area contributed by atoms with E-state index in [2.05, 4.69) is 23.8 Å². The number of halogens is 3. The van der Waals surface area contributed by atoms with Gasteiger partial charge in [-0.2, -0.15) is 4.39 Å². The zero-order chi connectivity index (χ0) is 22.6. The van der Waals surface area contributed by atoms with Crippen molar-refractivity contribution in [1.29, 1.82) is 0 Å². The summed E-state index contributed by atoms with van der Waals surface area (Å²) in [5.74, 6) is 0.812. The highest BCUT2D eigenvalue weighted by atomic mass is 19.2. The van der Waals surface area contributed by atoms with Gasteiger partial charge in [0.15, 0.2) is 11.6 Å². The lowest BCUT2D eigenvalue weighted by Crippen LogP contribution is -2.14. The third-order valence-corrected chi connectivity index (χ3v) is 6.65. The van der Waals surface area contributed by atoms with Crippen molar-refractivity contribution in [2.45, 2.75) is 71.1 Å². The standard InChI is InChI=1S/C16H26O.C10H11F3O/c1-13-2-4-14(5-3-13)6-7-15-8-10-16(12-17)11-9-15;1-14-8-5-4-7(3-2-6-11)9(12)10(8)13/h6-7,12-16H,2-5,8-11H2,1H3;4-5H,2-3,6H2,1H3/b7-6+;. The highest BCUT2D eigenvalue weighted by molar-refractivity contribution is 5.53. The first-order valence-corrected chi connectivity index (χ1v) is 11.7. The van der Waals surface area contributed by atoms with Crippen molar-refractivity contribution in [1.82, 2.24) is 0 Å². The summed E-state index contributed by atoms with van der Waals surface area (Å²) >= 11 is 0. The number of alkyl halides is 1. The van der Waals surface area contributed by atoms with Crippen LogP contribution in [0.1, 0.15) is 70.3 Å². The van der Waals surface area contributed by atoms with E-state index in [9.17, 15) is 18.0 Å². The van der Waals surface area contributed by atoms with Crippen LogP contribution in [0, 0.1) is 35.3 Å². The van der Waals surface area contributed by atoms with Crippen molar-refractivity contribution in [3.63, 3.8) is 0 Å². The minimum absolute atomic E-state index is 0.133. The zero-order valence-electron chi connectivity index (χ0n) is 18.9. The van der Waals surface area contributed by atoms with Gasteiger partial charge in [-0.15, -0.1) is 0 Å². The molecule has 0 bridgehead atoms. The molecule has 5 heteroatoms. The Morgan fingerprint density at radius 1 is 0.903 bits per heavy atom. The number of methoxy groups -OCH3 is 1. The highest BCUT2D eigenvalue weighted by Crippen LogP contribution is 2.32. The van der Waals surface area contributed by atoms with Gasteiger partial charge < -0.3 is 9.53 Å². The zero-order valence-corrected chi connectivity index (χ0v) is 18.9. The van der Waals surface area contributed by atoms with Crippen LogP contribution in [0.2, 0.25) is 0 Å². The summed E-state index contributed by atoms with van der Waals surface area (Å²) in [4.78, 5) is 10.7. The Kier molecular flexibility index (Phi) is 11.2. The van der Waals surface area contributed by atoms with E-state index in [1.54, 1.807) is 0 Å². The van der Waals surface area contributed by atoms with Crippen LogP contribution in [-0.2, 0) is 11.2 Å². The molecule has 0 amide bonds. The third kappa shape index (κ3) is 8.34. The highest BCUT2D eigenvalue weighted by Gasteiger charge is 2.20. The number of aryl methyl sites for hydroxylation is 1. The van der Waals surface area contributed by atoms with E-state index in [1.165, 1.54) is 57.8 Å². The number of benzene rings is 1. The van der Waals surface area contributed by atoms with E-state index in [1.807, 2.05) is 0 Å². The molecular weight excluding hydrogens is 401 g/mol. The lowest BCUT2D eigenvalue weighted by molar-refractivity contribution is -0.112. The van der Waals surface area contributed by atoms with Crippen molar-refractivity contribution in [3.05, 3.63) is 41.5 Å². The number of aldehydes is 1. The summed E-state index contributed by atoms with van der Waals surface area (Å²) in [5, 5.41) is 0. The second-order valence-corrected chi connectivity index (χ2v) is 9.06. The van der Waals surface area contributed by atoms with E-state index < -0.39 is 18.3 Å². The first-order chi connectivity index (χ1) is 15.0. The van der Waals surface area contributed by atoms with Gasteiger partial charge in [0.05, 0.1) is 13.8 Å². The van der Waals surface area contributed by atoms with Crippen LogP contribution in [0.3, 0.4) is 0 Å². The second-order valence-electron chi connectivity index (χ2n) is 9.06. The summed E-state index contributed by atoms with van der Waals surface area (Å²) in [7, 11) is 1.26. The van der Waals surface area contributed by atoms with Crippen LogP contribution in [0.5, 0.6) is 5.75 Å². The molecule has 0 aliphatic heterocycles. The fraction of sp³-hybridized carbons (Fsp3) is 0.654. The number of carbonyl (C=O) groups is 1. The maximum absolute atomic E-state index is 13.2. The largest absolute Gasteiger partial charge is 0.494 e. The fourth-order valence-corrected chi connectivity index (χ4v) is 4.45. The predicted octanol–water partition coefficient (Wildman–Crippen LogP) is 7.25. The number of allylic oxidation sites excluding steroid dienone is 2. The first-order valence-electron chi connectivity index (χ1n) is 11.7. The molecule has 0 unspecified atom stereocenters. The molecule has 2 saturated carbocycles. The average molecular weight is 439 g/mol. The van der Waals surface area contributed by atoms with Crippen molar-refractivity contribution in [2.75, 3.05) is 13.8 Å². The SMILES string of the molecule is CC1CCC(/C=C/C2CCC(C=O)CC2)CC1.COc1ccc(CCCF)c(F)c1F. The number of carbonyl (C=O) groups excluding carboxylic acids is 1. The van der Waals surface area contributed by atoms with E-state index in [4.69, 9.17) is 0 Å². The van der Waals surface area contributed by atoms with Crippen LogP contribution in [0.25, 0.3) is 0 Å².